The van der Waals surface area contributed by atoms with Gasteiger partial charge in [-0.15, -0.1) is 15.3 Å². The van der Waals surface area contributed by atoms with E-state index >= 15 is 0 Å². The monoisotopic (exact) mass is 400 g/mol. The van der Waals surface area contributed by atoms with Gasteiger partial charge in [0, 0.05) is 32.1 Å². The van der Waals surface area contributed by atoms with Crippen molar-refractivity contribution in [2.75, 3.05) is 37.7 Å². The fraction of sp³-hybridized carbons (Fsp3) is 0.650. The van der Waals surface area contributed by atoms with Crippen LogP contribution in [0.15, 0.2) is 18.5 Å². The molecule has 0 atom stereocenters. The molecule has 29 heavy (non-hydrogen) atoms. The third-order valence-corrected chi connectivity index (χ3v) is 5.69. The van der Waals surface area contributed by atoms with Crippen molar-refractivity contribution in [3.05, 3.63) is 18.5 Å². The van der Waals surface area contributed by atoms with Gasteiger partial charge in [-0.1, -0.05) is 0 Å². The van der Waals surface area contributed by atoms with E-state index in [1.807, 2.05) is 17.0 Å². The van der Waals surface area contributed by atoms with Gasteiger partial charge in [0.25, 0.3) is 0 Å². The van der Waals surface area contributed by atoms with Crippen molar-refractivity contribution in [1.82, 2.24) is 24.7 Å². The lowest BCUT2D eigenvalue weighted by Crippen LogP contribution is -2.44. The Morgan fingerprint density at radius 1 is 1.21 bits per heavy atom. The highest BCUT2D eigenvalue weighted by molar-refractivity contribution is 5.80. The largest absolute Gasteiger partial charge is 0.466 e. The summed E-state index contributed by atoms with van der Waals surface area (Å²) in [6, 6.07) is 3.85. The maximum absolute atomic E-state index is 13.1. The van der Waals surface area contributed by atoms with E-state index in [1.165, 1.54) is 12.8 Å². The SMILES string of the molecule is CCOC(=O)CCN(CC1CC1)C(=O)C1CCN(c2ccc3nncn3n2)CC1. The zero-order valence-electron chi connectivity index (χ0n) is 16.9. The number of hydrogen-bond donors (Lipinski definition) is 0. The number of ether oxygens (including phenoxy) is 1. The minimum atomic E-state index is -0.230. The molecule has 2 fully saturated rings. The smallest absolute Gasteiger partial charge is 0.307 e. The van der Waals surface area contributed by atoms with E-state index < -0.39 is 0 Å². The number of carbonyl (C=O) groups excluding carboxylic acids is 2. The second kappa shape index (κ2) is 8.75. The number of carbonyl (C=O) groups is 2. The molecule has 0 N–H and O–H groups in total. The highest BCUT2D eigenvalue weighted by Crippen LogP contribution is 2.31. The molecule has 156 valence electrons. The average molecular weight is 400 g/mol. The minimum absolute atomic E-state index is 0.00541. The van der Waals surface area contributed by atoms with Gasteiger partial charge in [-0.3, -0.25) is 9.59 Å². The molecule has 0 spiro atoms. The maximum atomic E-state index is 13.1. The molecule has 1 aliphatic carbocycles. The number of piperidine rings is 1. The van der Waals surface area contributed by atoms with E-state index in [0.717, 1.165) is 43.9 Å². The summed E-state index contributed by atoms with van der Waals surface area (Å²) in [5.41, 5.74) is 0.719. The number of hydrogen-bond acceptors (Lipinski definition) is 7. The third kappa shape index (κ3) is 4.83. The van der Waals surface area contributed by atoms with Crippen molar-refractivity contribution in [3.63, 3.8) is 0 Å². The van der Waals surface area contributed by atoms with Crippen LogP contribution in [0.5, 0.6) is 0 Å². The van der Waals surface area contributed by atoms with Crippen LogP contribution in [0.3, 0.4) is 0 Å². The summed E-state index contributed by atoms with van der Waals surface area (Å²) in [4.78, 5) is 29.0. The molecule has 1 saturated heterocycles. The highest BCUT2D eigenvalue weighted by atomic mass is 16.5. The quantitative estimate of drug-likeness (QED) is 0.621. The summed E-state index contributed by atoms with van der Waals surface area (Å²) in [5, 5.41) is 12.4. The molecular formula is C20H28N6O3. The predicted molar refractivity (Wildman–Crippen MR) is 106 cm³/mol. The second-order valence-electron chi connectivity index (χ2n) is 7.87. The Labute approximate surface area is 170 Å². The van der Waals surface area contributed by atoms with Gasteiger partial charge in [0.1, 0.15) is 12.1 Å². The van der Waals surface area contributed by atoms with Crippen molar-refractivity contribution >= 4 is 23.3 Å². The van der Waals surface area contributed by atoms with Crippen molar-refractivity contribution in [1.29, 1.82) is 0 Å². The fourth-order valence-corrected chi connectivity index (χ4v) is 3.86. The number of fused-ring (bicyclic) bond motifs is 1. The van der Waals surface area contributed by atoms with Gasteiger partial charge < -0.3 is 14.5 Å². The van der Waals surface area contributed by atoms with Crippen LogP contribution in [0.25, 0.3) is 5.65 Å². The number of nitrogens with zero attached hydrogens (tertiary/aromatic N) is 6. The van der Waals surface area contributed by atoms with Crippen LogP contribution in [0.4, 0.5) is 5.82 Å². The molecule has 3 heterocycles. The van der Waals surface area contributed by atoms with Gasteiger partial charge in [0.15, 0.2) is 5.65 Å². The van der Waals surface area contributed by atoms with E-state index in [0.29, 0.717) is 19.1 Å². The minimum Gasteiger partial charge on any atom is -0.466 e. The molecular weight excluding hydrogens is 372 g/mol. The van der Waals surface area contributed by atoms with E-state index in [-0.39, 0.29) is 24.2 Å². The lowest BCUT2D eigenvalue weighted by molar-refractivity contribution is -0.144. The fourth-order valence-electron chi connectivity index (χ4n) is 3.86. The molecule has 9 heteroatoms. The summed E-state index contributed by atoms with van der Waals surface area (Å²) in [6.07, 6.45) is 5.81. The number of amides is 1. The molecule has 9 nitrogen and oxygen atoms in total. The summed E-state index contributed by atoms with van der Waals surface area (Å²) in [6.45, 7) is 4.97. The molecule has 0 radical (unpaired) electrons. The van der Waals surface area contributed by atoms with Gasteiger partial charge in [-0.05, 0) is 50.7 Å². The lowest BCUT2D eigenvalue weighted by Gasteiger charge is -2.34. The van der Waals surface area contributed by atoms with E-state index in [9.17, 15) is 9.59 Å². The topological polar surface area (TPSA) is 92.9 Å². The van der Waals surface area contributed by atoms with Gasteiger partial charge in [-0.25, -0.2) is 0 Å². The maximum Gasteiger partial charge on any atom is 0.307 e. The molecule has 0 unspecified atom stereocenters. The van der Waals surface area contributed by atoms with Crippen molar-refractivity contribution in [3.8, 4) is 0 Å². The van der Waals surface area contributed by atoms with E-state index in [1.54, 1.807) is 17.8 Å². The number of aromatic nitrogens is 4. The summed E-state index contributed by atoms with van der Waals surface area (Å²) >= 11 is 0. The van der Waals surface area contributed by atoms with Gasteiger partial charge >= 0.3 is 5.97 Å². The molecule has 0 bridgehead atoms. The van der Waals surface area contributed by atoms with E-state index in [2.05, 4.69) is 20.2 Å². The standard InChI is InChI=1S/C20H28N6O3/c1-2-29-19(27)9-12-25(13-15-3-4-15)20(28)16-7-10-24(11-8-16)18-6-5-17-22-21-14-26(17)23-18/h5-6,14-16H,2-4,7-13H2,1H3. The normalized spacial score (nSPS) is 17.5. The number of anilines is 1. The molecule has 4 rings (SSSR count). The van der Waals surface area contributed by atoms with Crippen LogP contribution in [-0.2, 0) is 14.3 Å². The van der Waals surface area contributed by atoms with Crippen LogP contribution >= 0.6 is 0 Å². The van der Waals surface area contributed by atoms with E-state index in [4.69, 9.17) is 4.74 Å². The van der Waals surface area contributed by atoms with Crippen molar-refractivity contribution in [2.45, 2.75) is 39.0 Å². The lowest BCUT2D eigenvalue weighted by atomic mass is 9.95. The molecule has 2 aromatic heterocycles. The molecule has 1 aliphatic heterocycles. The Morgan fingerprint density at radius 2 is 2.00 bits per heavy atom. The van der Waals surface area contributed by atoms with Crippen LogP contribution in [-0.4, -0.2) is 69.4 Å². The zero-order chi connectivity index (χ0) is 20.2. The first-order chi connectivity index (χ1) is 14.1. The molecule has 1 saturated carbocycles. The Balaban J connectivity index is 1.33. The summed E-state index contributed by atoms with van der Waals surface area (Å²) in [5.74, 6) is 1.43. The van der Waals surface area contributed by atoms with Crippen molar-refractivity contribution in [2.24, 2.45) is 11.8 Å². The Kier molecular flexibility index (Phi) is 5.92. The highest BCUT2D eigenvalue weighted by Gasteiger charge is 2.32. The average Bonchev–Trinajstić information content (AvgIpc) is 3.44. The molecule has 0 aromatic carbocycles. The van der Waals surface area contributed by atoms with Crippen molar-refractivity contribution < 1.29 is 14.3 Å². The predicted octanol–water partition coefficient (Wildman–Crippen LogP) is 1.53. The third-order valence-electron chi connectivity index (χ3n) is 5.69. The Bertz CT molecular complexity index is 857. The van der Waals surface area contributed by atoms with Crippen LogP contribution < -0.4 is 4.90 Å². The second-order valence-corrected chi connectivity index (χ2v) is 7.87. The summed E-state index contributed by atoms with van der Waals surface area (Å²) < 4.78 is 6.69. The van der Waals surface area contributed by atoms with Gasteiger partial charge in [-0.2, -0.15) is 4.52 Å². The Hall–Kier alpha value is -2.71. The number of rotatable bonds is 8. The molecule has 1 amide bonds. The first-order valence-corrected chi connectivity index (χ1v) is 10.5. The van der Waals surface area contributed by atoms with Gasteiger partial charge in [0.2, 0.25) is 5.91 Å². The zero-order valence-corrected chi connectivity index (χ0v) is 16.9. The summed E-state index contributed by atoms with van der Waals surface area (Å²) in [7, 11) is 0. The molecule has 2 aromatic rings. The first-order valence-electron chi connectivity index (χ1n) is 10.5. The van der Waals surface area contributed by atoms with Crippen LogP contribution in [0, 0.1) is 11.8 Å². The van der Waals surface area contributed by atoms with Gasteiger partial charge in [0.05, 0.1) is 13.0 Å². The number of esters is 1. The Morgan fingerprint density at radius 3 is 2.72 bits per heavy atom. The van der Waals surface area contributed by atoms with Crippen LogP contribution in [0.2, 0.25) is 0 Å². The van der Waals surface area contributed by atoms with Crippen LogP contribution in [0.1, 0.15) is 39.0 Å². The first kappa shape index (κ1) is 19.6. The molecule has 2 aliphatic rings.